The second-order valence-corrected chi connectivity index (χ2v) is 5.94. The molecule has 3 aromatic heterocycles. The van der Waals surface area contributed by atoms with Gasteiger partial charge >= 0.3 is 0 Å². The molecule has 0 saturated heterocycles. The highest BCUT2D eigenvalue weighted by Gasteiger charge is 2.16. The lowest BCUT2D eigenvalue weighted by Crippen LogP contribution is -2.07. The van der Waals surface area contributed by atoms with E-state index in [0.717, 1.165) is 17.5 Å². The van der Waals surface area contributed by atoms with E-state index >= 15 is 0 Å². The predicted molar refractivity (Wildman–Crippen MR) is 94.2 cm³/mol. The Morgan fingerprint density at radius 1 is 1.42 bits per heavy atom. The second kappa shape index (κ2) is 6.56. The molecule has 0 spiro atoms. The number of nitrogens with one attached hydrogen (secondary N) is 1. The molecule has 3 heterocycles. The molecule has 3 rings (SSSR count). The van der Waals surface area contributed by atoms with Crippen molar-refractivity contribution in [3.63, 3.8) is 0 Å². The topological polar surface area (TPSA) is 81.9 Å². The highest BCUT2D eigenvalue weighted by Crippen LogP contribution is 2.32. The fraction of sp³-hybridized carbons (Fsp3) is 0.250. The van der Waals surface area contributed by atoms with Gasteiger partial charge in [0.1, 0.15) is 11.6 Å². The summed E-state index contributed by atoms with van der Waals surface area (Å²) >= 11 is 3.42. The molecule has 0 unspecified atom stereocenters. The van der Waals surface area contributed by atoms with Crippen LogP contribution >= 0.6 is 15.9 Å². The molecule has 0 atom stereocenters. The number of ether oxygens (including phenoxy) is 1. The molecular formula is C16H16BrN5O2. The number of rotatable bonds is 4. The van der Waals surface area contributed by atoms with Gasteiger partial charge < -0.3 is 14.6 Å². The van der Waals surface area contributed by atoms with E-state index in [0.29, 0.717) is 27.7 Å². The average molecular weight is 390 g/mol. The molecule has 0 fully saturated rings. The smallest absolute Gasteiger partial charge is 0.222 e. The van der Waals surface area contributed by atoms with Crippen LogP contribution in [-0.4, -0.2) is 25.4 Å². The Bertz CT molecular complexity index is 922. The van der Waals surface area contributed by atoms with Gasteiger partial charge in [-0.1, -0.05) is 6.92 Å². The molecule has 0 saturated carbocycles. The Balaban J connectivity index is 2.01. The van der Waals surface area contributed by atoms with E-state index < -0.39 is 0 Å². The molecule has 24 heavy (non-hydrogen) atoms. The first kappa shape index (κ1) is 16.4. The Labute approximate surface area is 147 Å². The van der Waals surface area contributed by atoms with Crippen molar-refractivity contribution in [3.8, 4) is 11.5 Å². The molecule has 7 nitrogen and oxygen atoms in total. The molecule has 0 aliphatic rings. The minimum atomic E-state index is -0.184. The molecule has 0 aliphatic carbocycles. The van der Waals surface area contributed by atoms with E-state index in [9.17, 15) is 4.79 Å². The first-order valence-electron chi connectivity index (χ1n) is 7.41. The van der Waals surface area contributed by atoms with Gasteiger partial charge in [0, 0.05) is 31.8 Å². The number of anilines is 1. The quantitative estimate of drug-likeness (QED) is 0.738. The van der Waals surface area contributed by atoms with Crippen LogP contribution in [0.25, 0.3) is 11.2 Å². The first-order valence-corrected chi connectivity index (χ1v) is 8.20. The predicted octanol–water partition coefficient (Wildman–Crippen LogP) is 3.44. The van der Waals surface area contributed by atoms with Crippen LogP contribution in [0.2, 0.25) is 0 Å². The maximum atomic E-state index is 11.2. The second-order valence-electron chi connectivity index (χ2n) is 5.23. The molecule has 0 bridgehead atoms. The van der Waals surface area contributed by atoms with Crippen molar-refractivity contribution >= 4 is 38.8 Å². The molecule has 3 aromatic rings. The zero-order chi connectivity index (χ0) is 17.3. The molecule has 0 radical (unpaired) electrons. The number of imidazole rings is 1. The van der Waals surface area contributed by atoms with Crippen LogP contribution in [0.15, 0.2) is 29.3 Å². The third-order valence-corrected chi connectivity index (χ3v) is 4.24. The van der Waals surface area contributed by atoms with E-state index in [1.54, 1.807) is 24.5 Å². The van der Waals surface area contributed by atoms with E-state index in [1.807, 2.05) is 11.6 Å². The summed E-state index contributed by atoms with van der Waals surface area (Å²) in [5.74, 6) is 1.48. The van der Waals surface area contributed by atoms with Gasteiger partial charge in [-0.3, -0.25) is 4.79 Å². The summed E-state index contributed by atoms with van der Waals surface area (Å²) in [5, 5.41) is 2.64. The number of carbonyl (C=O) groups is 1. The molecular weight excluding hydrogens is 374 g/mol. The Kier molecular flexibility index (Phi) is 4.48. The van der Waals surface area contributed by atoms with Gasteiger partial charge in [-0.05, 0) is 28.4 Å². The van der Waals surface area contributed by atoms with Crippen LogP contribution in [-0.2, 0) is 18.3 Å². The number of pyridine rings is 2. The fourth-order valence-corrected chi connectivity index (χ4v) is 2.82. The summed E-state index contributed by atoms with van der Waals surface area (Å²) in [6.07, 6.45) is 4.02. The van der Waals surface area contributed by atoms with Crippen molar-refractivity contribution in [2.24, 2.45) is 7.05 Å². The van der Waals surface area contributed by atoms with Crippen LogP contribution in [0.5, 0.6) is 11.5 Å². The van der Waals surface area contributed by atoms with Crippen molar-refractivity contribution < 1.29 is 9.53 Å². The monoisotopic (exact) mass is 389 g/mol. The number of amides is 1. The average Bonchev–Trinajstić information content (AvgIpc) is 2.82. The SMILES string of the molecule is CCc1c(Oc2ccnc(NC(C)=O)c2)cnc2nc(Br)n(C)c12. The van der Waals surface area contributed by atoms with Crippen LogP contribution in [0.4, 0.5) is 5.82 Å². The van der Waals surface area contributed by atoms with Crippen LogP contribution in [0.3, 0.4) is 0 Å². The van der Waals surface area contributed by atoms with Crippen molar-refractivity contribution in [2.45, 2.75) is 20.3 Å². The third-order valence-electron chi connectivity index (χ3n) is 3.53. The fourth-order valence-electron chi connectivity index (χ4n) is 2.48. The van der Waals surface area contributed by atoms with Crippen molar-refractivity contribution in [2.75, 3.05) is 5.32 Å². The number of aryl methyl sites for hydroxylation is 2. The summed E-state index contributed by atoms with van der Waals surface area (Å²) < 4.78 is 8.64. The minimum absolute atomic E-state index is 0.184. The van der Waals surface area contributed by atoms with Gasteiger partial charge in [-0.15, -0.1) is 0 Å². The highest BCUT2D eigenvalue weighted by atomic mass is 79.9. The maximum Gasteiger partial charge on any atom is 0.222 e. The number of halogens is 1. The molecule has 124 valence electrons. The lowest BCUT2D eigenvalue weighted by Gasteiger charge is -2.12. The van der Waals surface area contributed by atoms with Gasteiger partial charge in [0.15, 0.2) is 16.1 Å². The lowest BCUT2D eigenvalue weighted by molar-refractivity contribution is -0.114. The standard InChI is InChI=1S/C16H16BrN5O2/c1-4-11-12(8-19-15-14(11)22(3)16(17)21-15)24-10-5-6-18-13(7-10)20-9(2)23/h5-8H,4H2,1-3H3,(H,18,20,23). The van der Waals surface area contributed by atoms with Crippen LogP contribution in [0, 0.1) is 0 Å². The largest absolute Gasteiger partial charge is 0.455 e. The number of aromatic nitrogens is 4. The zero-order valence-electron chi connectivity index (χ0n) is 13.5. The van der Waals surface area contributed by atoms with Gasteiger partial charge in [-0.2, -0.15) is 0 Å². The van der Waals surface area contributed by atoms with E-state index in [1.165, 1.54) is 6.92 Å². The van der Waals surface area contributed by atoms with Gasteiger partial charge in [0.2, 0.25) is 5.91 Å². The number of carbonyl (C=O) groups excluding carboxylic acids is 1. The molecule has 1 amide bonds. The Hall–Kier alpha value is -2.48. The number of fused-ring (bicyclic) bond motifs is 1. The van der Waals surface area contributed by atoms with Gasteiger partial charge in [0.25, 0.3) is 0 Å². The zero-order valence-corrected chi connectivity index (χ0v) is 15.1. The summed E-state index contributed by atoms with van der Waals surface area (Å²) in [7, 11) is 1.92. The highest BCUT2D eigenvalue weighted by molar-refractivity contribution is 9.10. The lowest BCUT2D eigenvalue weighted by atomic mass is 10.1. The number of hydrogen-bond acceptors (Lipinski definition) is 5. The summed E-state index contributed by atoms with van der Waals surface area (Å²) in [6.45, 7) is 3.49. The summed E-state index contributed by atoms with van der Waals surface area (Å²) in [6, 6.07) is 3.40. The maximum absolute atomic E-state index is 11.2. The number of hydrogen-bond donors (Lipinski definition) is 1. The van der Waals surface area contributed by atoms with E-state index in [2.05, 4.69) is 43.1 Å². The Morgan fingerprint density at radius 3 is 2.92 bits per heavy atom. The molecule has 0 aliphatic heterocycles. The molecule has 1 N–H and O–H groups in total. The number of nitrogens with zero attached hydrogens (tertiary/aromatic N) is 4. The molecule has 8 heteroatoms. The third kappa shape index (κ3) is 3.09. The van der Waals surface area contributed by atoms with Gasteiger partial charge in [0.05, 0.1) is 11.7 Å². The summed E-state index contributed by atoms with van der Waals surface area (Å²) in [5.41, 5.74) is 2.61. The summed E-state index contributed by atoms with van der Waals surface area (Å²) in [4.78, 5) is 24.0. The van der Waals surface area contributed by atoms with Crippen molar-refractivity contribution in [1.29, 1.82) is 0 Å². The van der Waals surface area contributed by atoms with Gasteiger partial charge in [-0.25, -0.2) is 15.0 Å². The first-order chi connectivity index (χ1) is 11.5. The molecule has 0 aromatic carbocycles. The normalized spacial score (nSPS) is 10.8. The minimum Gasteiger partial charge on any atom is -0.455 e. The van der Waals surface area contributed by atoms with Crippen molar-refractivity contribution in [3.05, 3.63) is 34.8 Å². The van der Waals surface area contributed by atoms with E-state index in [-0.39, 0.29) is 5.91 Å². The Morgan fingerprint density at radius 2 is 2.21 bits per heavy atom. The van der Waals surface area contributed by atoms with Crippen LogP contribution in [0.1, 0.15) is 19.4 Å². The van der Waals surface area contributed by atoms with E-state index in [4.69, 9.17) is 4.74 Å². The van der Waals surface area contributed by atoms with Crippen LogP contribution < -0.4 is 10.1 Å². The van der Waals surface area contributed by atoms with Crippen molar-refractivity contribution in [1.82, 2.24) is 19.5 Å².